The van der Waals surface area contributed by atoms with Crippen LogP contribution < -0.4 is 0 Å². The maximum Gasteiger partial charge on any atom is 0.0444 e. The maximum atomic E-state index is 4.45. The number of hydrogen-bond acceptors (Lipinski definition) is 5. The minimum absolute atomic E-state index is 0.460. The minimum Gasteiger partial charge on any atom is -0.165 e. The Balaban J connectivity index is 2.39. The van der Waals surface area contributed by atoms with E-state index in [9.17, 15) is 0 Å². The van der Waals surface area contributed by atoms with Crippen molar-refractivity contribution in [2.75, 3.05) is 17.3 Å². The normalized spacial score (nSPS) is 30.4. The lowest BCUT2D eigenvalue weighted by Crippen LogP contribution is -2.29. The highest BCUT2D eigenvalue weighted by Gasteiger charge is 2.35. The lowest BCUT2D eigenvalue weighted by Gasteiger charge is -2.28. The van der Waals surface area contributed by atoms with Crippen molar-refractivity contribution >= 4 is 60.5 Å². The molecule has 0 bridgehead atoms. The summed E-state index contributed by atoms with van der Waals surface area (Å²) in [5.74, 6) is 3.83. The number of thioether (sulfide) groups is 3. The maximum absolute atomic E-state index is 4.45. The molecule has 1 fully saturated rings. The van der Waals surface area contributed by atoms with Crippen LogP contribution in [0.5, 0.6) is 0 Å². The minimum atomic E-state index is 0.460. The van der Waals surface area contributed by atoms with E-state index in [4.69, 9.17) is 0 Å². The van der Waals surface area contributed by atoms with Gasteiger partial charge in [-0.1, -0.05) is 0 Å². The average Bonchev–Trinajstić information content (AvgIpc) is 2.61. The van der Waals surface area contributed by atoms with Crippen LogP contribution in [0.1, 0.15) is 26.7 Å². The fourth-order valence-electron chi connectivity index (χ4n) is 1.57. The smallest absolute Gasteiger partial charge is 0.0444 e. The van der Waals surface area contributed by atoms with Gasteiger partial charge in [-0.05, 0) is 32.4 Å². The quantitative estimate of drug-likeness (QED) is 0.556. The van der Waals surface area contributed by atoms with Gasteiger partial charge in [0, 0.05) is 25.4 Å². The van der Waals surface area contributed by atoms with E-state index in [1.807, 2.05) is 23.5 Å². The summed E-state index contributed by atoms with van der Waals surface area (Å²) in [6.07, 6.45) is 2.76. The molecule has 0 saturated carbocycles. The molecule has 0 amide bonds. The molecule has 0 aromatic heterocycles. The highest BCUT2D eigenvalue weighted by Crippen LogP contribution is 2.44. The molecule has 1 saturated heterocycles. The molecule has 2 atom stereocenters. The molecule has 2 unspecified atom stereocenters. The number of thiol groups is 2. The summed E-state index contributed by atoms with van der Waals surface area (Å²) in [5.41, 5.74) is 0. The van der Waals surface area contributed by atoms with Crippen molar-refractivity contribution in [1.29, 1.82) is 0 Å². The average molecular weight is 301 g/mol. The summed E-state index contributed by atoms with van der Waals surface area (Å²) in [4.78, 5) is 0. The first-order valence-electron chi connectivity index (χ1n) is 5.27. The Morgan fingerprint density at radius 1 is 1.20 bits per heavy atom. The molecule has 5 heteroatoms. The van der Waals surface area contributed by atoms with Crippen LogP contribution in [0.4, 0.5) is 0 Å². The Morgan fingerprint density at radius 2 is 1.73 bits per heavy atom. The van der Waals surface area contributed by atoms with Crippen LogP contribution in [-0.2, 0) is 0 Å². The van der Waals surface area contributed by atoms with Crippen molar-refractivity contribution < 1.29 is 0 Å². The first kappa shape index (κ1) is 14.8. The van der Waals surface area contributed by atoms with E-state index in [0.29, 0.717) is 13.9 Å². The van der Waals surface area contributed by atoms with Gasteiger partial charge in [-0.25, -0.2) is 0 Å². The van der Waals surface area contributed by atoms with Crippen molar-refractivity contribution in [2.24, 2.45) is 0 Å². The fraction of sp³-hybridized carbons (Fsp3) is 1.00. The second-order valence-electron chi connectivity index (χ2n) is 3.96. The first-order chi connectivity index (χ1) is 7.04. The van der Waals surface area contributed by atoms with Crippen LogP contribution >= 0.6 is 60.5 Å². The second kappa shape index (κ2) is 7.24. The molecule has 0 aromatic carbocycles. The largest absolute Gasteiger partial charge is 0.165 e. The monoisotopic (exact) mass is 300 g/mol. The van der Waals surface area contributed by atoms with Crippen LogP contribution in [0.2, 0.25) is 0 Å². The zero-order chi connectivity index (χ0) is 11.3. The van der Waals surface area contributed by atoms with Crippen molar-refractivity contribution in [2.45, 2.75) is 40.6 Å². The van der Waals surface area contributed by atoms with Gasteiger partial charge >= 0.3 is 0 Å². The van der Waals surface area contributed by atoms with Gasteiger partial charge in [0.1, 0.15) is 0 Å². The van der Waals surface area contributed by atoms with Gasteiger partial charge in [-0.15, -0.1) is 23.5 Å². The predicted octanol–water partition coefficient (Wildman–Crippen LogP) is 4.27. The molecule has 0 radical (unpaired) electrons. The highest BCUT2D eigenvalue weighted by atomic mass is 32.2. The molecular weight excluding hydrogens is 280 g/mol. The van der Waals surface area contributed by atoms with Gasteiger partial charge in [-0.3, -0.25) is 0 Å². The van der Waals surface area contributed by atoms with Crippen LogP contribution in [0.3, 0.4) is 0 Å². The summed E-state index contributed by atoms with van der Waals surface area (Å²) in [7, 11) is 0. The Kier molecular flexibility index (Phi) is 7.15. The van der Waals surface area contributed by atoms with Gasteiger partial charge < -0.3 is 0 Å². The highest BCUT2D eigenvalue weighted by molar-refractivity contribution is 8.12. The molecule has 15 heavy (non-hydrogen) atoms. The Morgan fingerprint density at radius 3 is 2.07 bits per heavy atom. The van der Waals surface area contributed by atoms with E-state index in [1.54, 1.807) is 0 Å². The molecule has 1 aliphatic rings. The predicted molar refractivity (Wildman–Crippen MR) is 86.2 cm³/mol. The van der Waals surface area contributed by atoms with Gasteiger partial charge in [0.15, 0.2) is 0 Å². The van der Waals surface area contributed by atoms with Crippen molar-refractivity contribution in [3.8, 4) is 0 Å². The standard InChI is InChI=1S/C10H20S5/c1-8(11)13-6-10(4-3-5-15-10)7-14-9(2)12/h8-9,11-12H,3-7H2,1-2H3. The zero-order valence-corrected chi connectivity index (χ0v) is 13.5. The van der Waals surface area contributed by atoms with Gasteiger partial charge in [0.25, 0.3) is 0 Å². The number of hydrogen-bond donors (Lipinski definition) is 2. The molecular formula is C10H20S5. The Bertz CT molecular complexity index is 161. The first-order valence-corrected chi connectivity index (χ1v) is 9.39. The van der Waals surface area contributed by atoms with E-state index in [2.05, 4.69) is 50.9 Å². The van der Waals surface area contributed by atoms with E-state index >= 15 is 0 Å². The van der Waals surface area contributed by atoms with Gasteiger partial charge in [0.05, 0.1) is 0 Å². The van der Waals surface area contributed by atoms with E-state index in [1.165, 1.54) is 30.1 Å². The molecule has 0 aliphatic carbocycles. The van der Waals surface area contributed by atoms with Crippen LogP contribution in [0.15, 0.2) is 0 Å². The lowest BCUT2D eigenvalue weighted by molar-refractivity contribution is 0.682. The third-order valence-corrected chi connectivity index (χ3v) is 7.62. The third-order valence-electron chi connectivity index (χ3n) is 2.36. The van der Waals surface area contributed by atoms with Crippen molar-refractivity contribution in [3.05, 3.63) is 0 Å². The van der Waals surface area contributed by atoms with Crippen molar-refractivity contribution in [3.63, 3.8) is 0 Å². The molecule has 0 aromatic rings. The molecule has 0 nitrogen and oxygen atoms in total. The molecule has 1 rings (SSSR count). The molecule has 1 heterocycles. The fourth-order valence-corrected chi connectivity index (χ4v) is 5.81. The molecule has 0 spiro atoms. The van der Waals surface area contributed by atoms with E-state index in [-0.39, 0.29) is 0 Å². The molecule has 0 N–H and O–H groups in total. The second-order valence-corrected chi connectivity index (χ2v) is 10.4. The van der Waals surface area contributed by atoms with E-state index in [0.717, 1.165) is 0 Å². The summed E-state index contributed by atoms with van der Waals surface area (Å²) in [6, 6.07) is 0. The lowest BCUT2D eigenvalue weighted by atomic mass is 10.1. The Hall–Kier alpha value is 1.75. The van der Waals surface area contributed by atoms with Crippen LogP contribution in [-0.4, -0.2) is 31.2 Å². The Labute approximate surface area is 118 Å². The van der Waals surface area contributed by atoms with Crippen LogP contribution in [0, 0.1) is 0 Å². The number of rotatable bonds is 6. The van der Waals surface area contributed by atoms with Crippen molar-refractivity contribution in [1.82, 2.24) is 0 Å². The summed E-state index contributed by atoms with van der Waals surface area (Å²) in [5, 5.41) is 0. The third kappa shape index (κ3) is 5.75. The van der Waals surface area contributed by atoms with E-state index < -0.39 is 0 Å². The van der Waals surface area contributed by atoms with Crippen LogP contribution in [0.25, 0.3) is 0 Å². The SMILES string of the molecule is CC(S)SCC1(CSC(C)S)CCCS1. The van der Waals surface area contributed by atoms with Gasteiger partial charge in [0.2, 0.25) is 0 Å². The topological polar surface area (TPSA) is 0 Å². The summed E-state index contributed by atoms with van der Waals surface area (Å²) in [6.45, 7) is 4.32. The molecule has 1 aliphatic heterocycles. The zero-order valence-electron chi connectivity index (χ0n) is 9.31. The van der Waals surface area contributed by atoms with Gasteiger partial charge in [-0.2, -0.15) is 37.0 Å². The molecule has 90 valence electrons. The summed E-state index contributed by atoms with van der Waals surface area (Å²) < 4.78 is 1.42. The summed E-state index contributed by atoms with van der Waals surface area (Å²) >= 11 is 15.0.